The van der Waals surface area contributed by atoms with Gasteiger partial charge in [-0.3, -0.25) is 47.9 Å². The number of nitrogens with zero attached hydrogens (tertiary/aromatic N) is 1. The van der Waals surface area contributed by atoms with Gasteiger partial charge in [-0.1, -0.05) is 27.4 Å². The van der Waals surface area contributed by atoms with Gasteiger partial charge in [-0.05, 0) is 140 Å². The second kappa shape index (κ2) is 33.6. The monoisotopic (exact) mass is 1260 g/mol. The van der Waals surface area contributed by atoms with Gasteiger partial charge in [0.2, 0.25) is 47.1 Å². The number of nitrogens with one attached hydrogen (secondary N) is 6. The molecule has 0 aliphatic carbocycles. The zero-order valence-electron chi connectivity index (χ0n) is 53.4. The molecule has 0 saturated heterocycles. The fourth-order valence-corrected chi connectivity index (χ4v) is 8.28. The molecule has 0 rings (SSSR count). The number of primary amides is 1. The number of ether oxygens (including phenoxy) is 4. The Hall–Kier alpha value is -5.76. The third-order valence-corrected chi connectivity index (χ3v) is 13.5. The number of alkyl carbamates (subject to hydrolysis) is 1. The number of carbonyl (C=O) groups excluding carboxylic acids is 12. The smallest absolute Gasteiger partial charge is 0.408 e. The molecular weight excluding hydrogens is 1160 g/mol. The van der Waals surface area contributed by atoms with Crippen molar-refractivity contribution in [1.29, 1.82) is 0 Å². The van der Waals surface area contributed by atoms with Gasteiger partial charge in [0.05, 0.1) is 49.0 Å². The van der Waals surface area contributed by atoms with Crippen LogP contribution in [-0.4, -0.2) is 194 Å². The number of ketones is 2. The minimum absolute atomic E-state index is 0.0951. The summed E-state index contributed by atoms with van der Waals surface area (Å²) in [5.41, 5.74) is 15.0. The van der Waals surface area contributed by atoms with E-state index in [0.29, 0.717) is 0 Å². The molecule has 0 aliphatic rings. The van der Waals surface area contributed by atoms with Gasteiger partial charge in [0.25, 0.3) is 11.4 Å². The van der Waals surface area contributed by atoms with Crippen molar-refractivity contribution in [3.8, 4) is 0 Å². The number of imide groups is 1. The van der Waals surface area contributed by atoms with Gasteiger partial charge >= 0.3 is 12.1 Å². The number of thiol groups is 2. The van der Waals surface area contributed by atoms with Crippen LogP contribution in [0.25, 0.3) is 0 Å². The van der Waals surface area contributed by atoms with Crippen molar-refractivity contribution in [3.05, 3.63) is 12.2 Å². The van der Waals surface area contributed by atoms with E-state index < -0.39 is 196 Å². The number of esters is 1. The number of carbonyl (C=O) groups is 12. The Morgan fingerprint density at radius 2 is 1.07 bits per heavy atom. The van der Waals surface area contributed by atoms with Crippen molar-refractivity contribution in [2.45, 2.75) is 238 Å². The molecule has 13 atom stereocenters. The van der Waals surface area contributed by atoms with Crippen molar-refractivity contribution >= 4 is 96.1 Å². The van der Waals surface area contributed by atoms with E-state index in [-0.39, 0.29) is 22.8 Å². The Morgan fingerprint density at radius 1 is 0.581 bits per heavy atom. The summed E-state index contributed by atoms with van der Waals surface area (Å²) < 4.78 is 22.8. The summed E-state index contributed by atoms with van der Waals surface area (Å²) in [6, 6.07) is -16.9. The van der Waals surface area contributed by atoms with E-state index in [1.807, 2.05) is 0 Å². The minimum Gasteiger partial charge on any atom is -0.458 e. The zero-order valence-corrected chi connectivity index (χ0v) is 55.2. The lowest BCUT2D eigenvalue weighted by Gasteiger charge is -2.45. The van der Waals surface area contributed by atoms with Crippen molar-refractivity contribution in [3.63, 3.8) is 0 Å². The van der Waals surface area contributed by atoms with Gasteiger partial charge in [-0.25, -0.2) is 14.5 Å². The highest BCUT2D eigenvalue weighted by Gasteiger charge is 2.67. The van der Waals surface area contributed by atoms with Crippen LogP contribution in [-0.2, 0) is 71.7 Å². The number of Topliss-reactive ketones (excluding diaryl/α,β-unsaturated/α-hetero) is 2. The summed E-state index contributed by atoms with van der Waals surface area (Å²) in [6.07, 6.45) is -4.15. The predicted molar refractivity (Wildman–Crippen MR) is 325 cm³/mol. The number of hydrogen-bond acceptors (Lipinski definition) is 22. The van der Waals surface area contributed by atoms with E-state index in [1.165, 1.54) is 83.1 Å². The summed E-state index contributed by atoms with van der Waals surface area (Å²) in [5.74, 6) is -17.6. The normalized spacial score (nSPS) is 17.0. The first-order chi connectivity index (χ1) is 38.9. The largest absolute Gasteiger partial charge is 0.458 e. The summed E-state index contributed by atoms with van der Waals surface area (Å²) in [4.78, 5) is 176. The van der Waals surface area contributed by atoms with E-state index in [4.69, 9.17) is 54.5 Å². The van der Waals surface area contributed by atoms with Crippen molar-refractivity contribution in [1.82, 2.24) is 36.8 Å². The third kappa shape index (κ3) is 25.9. The standard InChI is InChI=1S/C56H99N11O17S2/c1-26(2)21-34(63-45(74)35(22-36(59)69)64-44(73)32(57)23-81-52(9,10)11)42(71)56(50(79)83-54(15,16)17,41(70)29(6)62-51(80)84-55(18,19)20)67(48(77)33(58)24-82-53(12,13)14)49(78)39(40(86)28(5)25-85)66-47(76)38(27(3)4)65-43(72)30(7)61-46(75)37(60)31(8)68/h26,28-35,37-40,68,85-86H,3,21-25,57-58,60H2,1-2,4-20H3,(H2,59,69)(H,61,75)(H,62,80)(H,63,74)(H,64,73)(H,65,72)(H,66,76)/t28?,29-,30-,31+,32-,33-,34-,35-,37-,38-,39-,40?,56-/m0/s1. The molecular formula is C56H99N11O17S2. The van der Waals surface area contributed by atoms with E-state index in [0.717, 1.165) is 6.92 Å². The minimum atomic E-state index is -4.07. The van der Waals surface area contributed by atoms with Crippen LogP contribution in [0.4, 0.5) is 4.79 Å². The molecule has 15 N–H and O–H groups in total. The Balaban J connectivity index is 9.46. The van der Waals surface area contributed by atoms with Crippen molar-refractivity contribution in [2.75, 3.05) is 19.0 Å². The molecule has 0 heterocycles. The van der Waals surface area contributed by atoms with Gasteiger partial charge in [-0.15, -0.1) is 0 Å². The molecule has 0 saturated carbocycles. The summed E-state index contributed by atoms with van der Waals surface area (Å²) in [7, 11) is 0. The zero-order chi connectivity index (χ0) is 67.7. The van der Waals surface area contributed by atoms with E-state index in [2.05, 4.69) is 51.1 Å². The maximum Gasteiger partial charge on any atom is 0.408 e. The molecule has 28 nitrogen and oxygen atoms in total. The van der Waals surface area contributed by atoms with Crippen LogP contribution < -0.4 is 54.8 Å². The molecule has 9 amide bonds. The first-order valence-electron chi connectivity index (χ1n) is 28.0. The summed E-state index contributed by atoms with van der Waals surface area (Å²) in [6.45, 7) is 30.0. The number of nitrogens with two attached hydrogens (primary N) is 4. The number of amides is 9. The van der Waals surface area contributed by atoms with E-state index in [1.54, 1.807) is 41.5 Å². The molecule has 30 heteroatoms. The van der Waals surface area contributed by atoms with Gasteiger partial charge < -0.3 is 78.9 Å². The molecule has 0 radical (unpaired) electrons. The molecule has 0 aromatic carbocycles. The Morgan fingerprint density at radius 3 is 1.50 bits per heavy atom. The van der Waals surface area contributed by atoms with Crippen molar-refractivity contribution in [2.24, 2.45) is 34.8 Å². The third-order valence-electron chi connectivity index (χ3n) is 12.1. The number of rotatable bonds is 32. The molecule has 492 valence electrons. The molecule has 2 unspecified atom stereocenters. The van der Waals surface area contributed by atoms with Crippen LogP contribution in [0.15, 0.2) is 12.2 Å². The molecule has 0 bridgehead atoms. The van der Waals surface area contributed by atoms with Crippen LogP contribution in [0.1, 0.15) is 144 Å². The van der Waals surface area contributed by atoms with Crippen LogP contribution >= 0.6 is 25.3 Å². The predicted octanol–water partition coefficient (Wildman–Crippen LogP) is -0.728. The fraction of sp³-hybridized carbons (Fsp3) is 0.750. The van der Waals surface area contributed by atoms with Gasteiger partial charge in [0, 0.05) is 5.25 Å². The van der Waals surface area contributed by atoms with Crippen molar-refractivity contribution < 1.29 is 81.6 Å². The summed E-state index contributed by atoms with van der Waals surface area (Å²) in [5, 5.41) is 22.4. The molecule has 0 fully saturated rings. The highest BCUT2D eigenvalue weighted by atomic mass is 32.1. The first kappa shape index (κ1) is 80.2. The fourth-order valence-electron chi connectivity index (χ4n) is 7.58. The van der Waals surface area contributed by atoms with E-state index in [9.17, 15) is 38.7 Å². The van der Waals surface area contributed by atoms with E-state index >= 15 is 24.0 Å². The lowest BCUT2D eigenvalue weighted by molar-refractivity contribution is -0.185. The average molecular weight is 1260 g/mol. The molecule has 0 spiro atoms. The first-order valence-corrected chi connectivity index (χ1v) is 29.2. The second-order valence-electron chi connectivity index (χ2n) is 25.7. The lowest BCUT2D eigenvalue weighted by atomic mass is 9.77. The molecule has 0 aromatic rings. The van der Waals surface area contributed by atoms with Gasteiger partial charge in [0.15, 0.2) is 5.78 Å². The molecule has 0 aliphatic heterocycles. The number of aliphatic hydroxyl groups is 1. The number of aliphatic hydroxyl groups excluding tert-OH is 1. The molecule has 86 heavy (non-hydrogen) atoms. The van der Waals surface area contributed by atoms with Crippen LogP contribution in [0, 0.1) is 11.8 Å². The topological polar surface area (TPSA) is 441 Å². The average Bonchev–Trinajstić information content (AvgIpc) is 0.765. The highest BCUT2D eigenvalue weighted by molar-refractivity contribution is 7.81. The number of hydrogen-bond donors (Lipinski definition) is 13. The SMILES string of the molecule is C=C(C)[C@H](NC(=O)[C@H](C)NC(=O)[C@@H](N)[C@@H](C)O)C(=O)N[C@H](C(=O)N(C(=O)[C@@H](N)COC(C)(C)C)[C@@](C(=O)OC(C)(C)C)(C(=O)[C@H](C)NC(=O)OC(C)(C)C)C(=O)[C@H](CC(C)C)NC(=O)[C@H](CC(N)=O)NC(=O)[C@@H](N)COC(C)(C)C)C(S)C(C)CS. The quantitative estimate of drug-likeness (QED) is 0.0171. The Kier molecular flexibility index (Phi) is 31.3. The van der Waals surface area contributed by atoms with Gasteiger partial charge in [0.1, 0.15) is 53.5 Å². The Bertz CT molecular complexity index is 2450. The summed E-state index contributed by atoms with van der Waals surface area (Å²) >= 11 is 9.12. The lowest BCUT2D eigenvalue weighted by Crippen LogP contribution is -2.78. The maximum atomic E-state index is 16.6. The highest BCUT2D eigenvalue weighted by Crippen LogP contribution is 2.33. The van der Waals surface area contributed by atoms with Gasteiger partial charge in [-0.2, -0.15) is 25.3 Å². The van der Waals surface area contributed by atoms with Crippen LogP contribution in [0.2, 0.25) is 0 Å². The maximum absolute atomic E-state index is 16.6. The van der Waals surface area contributed by atoms with Crippen LogP contribution in [0.3, 0.4) is 0 Å². The van der Waals surface area contributed by atoms with Crippen LogP contribution in [0.5, 0.6) is 0 Å². The molecule has 0 aromatic heterocycles. The Labute approximate surface area is 516 Å². The second-order valence-corrected chi connectivity index (χ2v) is 26.7.